The molecule has 1 amide bonds. The number of hydrogen-bond acceptors (Lipinski definition) is 6. The van der Waals surface area contributed by atoms with Gasteiger partial charge in [0.05, 0.1) is 26.0 Å². The number of ether oxygens (including phenoxy) is 2. The predicted molar refractivity (Wildman–Crippen MR) is 121 cm³/mol. The van der Waals surface area contributed by atoms with Crippen LogP contribution in [0.1, 0.15) is 23.4 Å². The van der Waals surface area contributed by atoms with Crippen molar-refractivity contribution in [1.29, 1.82) is 0 Å². The van der Waals surface area contributed by atoms with Gasteiger partial charge >= 0.3 is 0 Å². The number of hydrogen-bond donors (Lipinski definition) is 1. The highest BCUT2D eigenvalue weighted by atomic mass is 32.2. The normalized spacial score (nSPS) is 15.2. The van der Waals surface area contributed by atoms with E-state index < -0.39 is 10.0 Å². The number of carbonyl (C=O) groups excluding carboxylic acids is 1. The van der Waals surface area contributed by atoms with Gasteiger partial charge in [0.15, 0.2) is 0 Å². The number of aromatic nitrogens is 2. The molecule has 1 aliphatic rings. The third-order valence-corrected chi connectivity index (χ3v) is 7.07. The lowest BCUT2D eigenvalue weighted by atomic mass is 10.2. The summed E-state index contributed by atoms with van der Waals surface area (Å²) >= 11 is 0. The Morgan fingerprint density at radius 3 is 2.66 bits per heavy atom. The highest BCUT2D eigenvalue weighted by Gasteiger charge is 2.29. The van der Waals surface area contributed by atoms with E-state index in [9.17, 15) is 13.2 Å². The minimum absolute atomic E-state index is 0.0781. The van der Waals surface area contributed by atoms with Crippen LogP contribution >= 0.6 is 0 Å². The minimum atomic E-state index is -3.73. The Morgan fingerprint density at radius 1 is 1.25 bits per heavy atom. The Bertz CT molecular complexity index is 1070. The van der Waals surface area contributed by atoms with E-state index in [1.807, 2.05) is 24.6 Å². The van der Waals surface area contributed by atoms with Crippen LogP contribution in [0.15, 0.2) is 35.2 Å². The standard InChI is InChI=1S/C22H30N4O5S/c1-17-15-18(2)26(24-17)10-4-9-23-22(27)8-6-19-5-7-20(30-3)21(16-19)32(28,29)25-11-13-31-14-12-25/h5-8,15-16H,4,9-14H2,1-3H3,(H,23,27)/b8-6+. The molecule has 0 radical (unpaired) electrons. The molecule has 9 nitrogen and oxygen atoms in total. The molecule has 0 saturated carbocycles. The summed E-state index contributed by atoms with van der Waals surface area (Å²) in [6.07, 6.45) is 3.75. The van der Waals surface area contributed by atoms with Crippen LogP contribution in [0, 0.1) is 13.8 Å². The first-order chi connectivity index (χ1) is 15.3. The molecule has 32 heavy (non-hydrogen) atoms. The quantitative estimate of drug-likeness (QED) is 0.450. The molecule has 1 aliphatic heterocycles. The smallest absolute Gasteiger partial charge is 0.246 e. The molecular weight excluding hydrogens is 432 g/mol. The maximum absolute atomic E-state index is 13.1. The number of nitrogens with one attached hydrogen (secondary N) is 1. The van der Waals surface area contributed by atoms with Crippen molar-refractivity contribution >= 4 is 22.0 Å². The highest BCUT2D eigenvalue weighted by Crippen LogP contribution is 2.28. The van der Waals surface area contributed by atoms with Crippen LogP contribution in [0.2, 0.25) is 0 Å². The summed E-state index contributed by atoms with van der Waals surface area (Å²) < 4.78 is 39.9. The van der Waals surface area contributed by atoms with Crippen LogP contribution in [0.4, 0.5) is 0 Å². The zero-order valence-electron chi connectivity index (χ0n) is 18.7. The van der Waals surface area contributed by atoms with Crippen molar-refractivity contribution in [2.45, 2.75) is 31.7 Å². The van der Waals surface area contributed by atoms with E-state index in [2.05, 4.69) is 10.4 Å². The average molecular weight is 463 g/mol. The Balaban J connectivity index is 1.60. The molecule has 3 rings (SSSR count). The van der Waals surface area contributed by atoms with Crippen molar-refractivity contribution in [3.8, 4) is 5.75 Å². The Morgan fingerprint density at radius 2 is 2.00 bits per heavy atom. The fourth-order valence-corrected chi connectivity index (χ4v) is 5.10. The lowest BCUT2D eigenvalue weighted by molar-refractivity contribution is -0.116. The molecular formula is C22H30N4O5S. The van der Waals surface area contributed by atoms with Gasteiger partial charge in [0.1, 0.15) is 10.6 Å². The van der Waals surface area contributed by atoms with Gasteiger partial charge in [-0.05, 0) is 50.1 Å². The van der Waals surface area contributed by atoms with Crippen molar-refractivity contribution in [3.05, 3.63) is 47.3 Å². The third-order valence-electron chi connectivity index (χ3n) is 5.15. The van der Waals surface area contributed by atoms with E-state index in [4.69, 9.17) is 9.47 Å². The van der Waals surface area contributed by atoms with Crippen LogP contribution in [0.5, 0.6) is 5.75 Å². The van der Waals surface area contributed by atoms with Crippen LogP contribution in [0.3, 0.4) is 0 Å². The number of amides is 1. The first-order valence-corrected chi connectivity index (χ1v) is 12.0. The molecule has 1 aromatic heterocycles. The van der Waals surface area contributed by atoms with Crippen molar-refractivity contribution < 1.29 is 22.7 Å². The van der Waals surface area contributed by atoms with Crippen LogP contribution in [-0.4, -0.2) is 68.4 Å². The van der Waals surface area contributed by atoms with Crippen molar-refractivity contribution in [2.24, 2.45) is 0 Å². The zero-order chi connectivity index (χ0) is 23.1. The number of rotatable bonds is 9. The Hall–Kier alpha value is -2.69. The first kappa shape index (κ1) is 24.0. The van der Waals surface area contributed by atoms with Gasteiger partial charge in [0, 0.05) is 37.9 Å². The Kier molecular flexibility index (Phi) is 8.05. The molecule has 1 aromatic carbocycles. The van der Waals surface area contributed by atoms with Gasteiger partial charge in [-0.3, -0.25) is 9.48 Å². The van der Waals surface area contributed by atoms with Crippen molar-refractivity contribution in [3.63, 3.8) is 0 Å². The first-order valence-electron chi connectivity index (χ1n) is 10.5. The van der Waals surface area contributed by atoms with Gasteiger partial charge in [-0.1, -0.05) is 6.07 Å². The third kappa shape index (κ3) is 5.96. The number of carbonyl (C=O) groups is 1. The molecule has 1 fully saturated rings. The maximum Gasteiger partial charge on any atom is 0.246 e. The SMILES string of the molecule is COc1ccc(/C=C/C(=O)NCCCn2nc(C)cc2C)cc1S(=O)(=O)N1CCOCC1. The van der Waals surface area contributed by atoms with Crippen molar-refractivity contribution in [1.82, 2.24) is 19.4 Å². The van der Waals surface area contributed by atoms with Crippen molar-refractivity contribution in [2.75, 3.05) is 40.0 Å². The van der Waals surface area contributed by atoms with Gasteiger partial charge in [-0.25, -0.2) is 8.42 Å². The minimum Gasteiger partial charge on any atom is -0.495 e. The molecule has 0 atom stereocenters. The molecule has 0 bridgehead atoms. The molecule has 0 spiro atoms. The molecule has 2 heterocycles. The molecule has 1 saturated heterocycles. The second kappa shape index (κ2) is 10.8. The van der Waals surface area contributed by atoms with Gasteiger partial charge in [0.2, 0.25) is 15.9 Å². The molecule has 2 aromatic rings. The number of sulfonamides is 1. The number of methoxy groups -OCH3 is 1. The maximum atomic E-state index is 13.1. The number of aryl methyl sites for hydroxylation is 3. The van der Waals surface area contributed by atoms with Crippen LogP contribution in [-0.2, 0) is 26.1 Å². The summed E-state index contributed by atoms with van der Waals surface area (Å²) in [5.41, 5.74) is 2.66. The van der Waals surface area contributed by atoms with E-state index >= 15 is 0 Å². The van der Waals surface area contributed by atoms with Gasteiger partial charge < -0.3 is 14.8 Å². The molecule has 1 N–H and O–H groups in total. The Labute approximate surface area is 189 Å². The summed E-state index contributed by atoms with van der Waals surface area (Å²) in [5.74, 6) is 0.0222. The summed E-state index contributed by atoms with van der Waals surface area (Å²) in [6.45, 7) is 6.52. The second-order valence-corrected chi connectivity index (χ2v) is 9.46. The fraction of sp³-hybridized carbons (Fsp3) is 0.455. The fourth-order valence-electron chi connectivity index (χ4n) is 3.50. The molecule has 0 unspecified atom stereocenters. The summed E-state index contributed by atoms with van der Waals surface area (Å²) in [6, 6.07) is 6.85. The van der Waals surface area contributed by atoms with Crippen LogP contribution < -0.4 is 10.1 Å². The monoisotopic (exact) mass is 462 g/mol. The number of benzene rings is 1. The summed E-state index contributed by atoms with van der Waals surface area (Å²) in [7, 11) is -2.29. The highest BCUT2D eigenvalue weighted by molar-refractivity contribution is 7.89. The predicted octanol–water partition coefficient (Wildman–Crippen LogP) is 1.75. The van der Waals surface area contributed by atoms with Gasteiger partial charge in [-0.2, -0.15) is 9.40 Å². The second-order valence-electron chi connectivity index (χ2n) is 7.55. The van der Waals surface area contributed by atoms with E-state index in [1.54, 1.807) is 18.2 Å². The average Bonchev–Trinajstić information content (AvgIpc) is 3.12. The lowest BCUT2D eigenvalue weighted by Gasteiger charge is -2.26. The molecule has 0 aliphatic carbocycles. The van der Waals surface area contributed by atoms with Crippen LogP contribution in [0.25, 0.3) is 6.08 Å². The van der Waals surface area contributed by atoms with E-state index in [0.29, 0.717) is 38.4 Å². The molecule has 10 heteroatoms. The van der Waals surface area contributed by atoms with Gasteiger partial charge in [-0.15, -0.1) is 0 Å². The largest absolute Gasteiger partial charge is 0.495 e. The van der Waals surface area contributed by atoms with E-state index in [-0.39, 0.29) is 16.6 Å². The van der Waals surface area contributed by atoms with E-state index in [1.165, 1.54) is 23.6 Å². The van der Waals surface area contributed by atoms with Gasteiger partial charge in [0.25, 0.3) is 0 Å². The molecule has 174 valence electrons. The zero-order valence-corrected chi connectivity index (χ0v) is 19.5. The van der Waals surface area contributed by atoms with E-state index in [0.717, 1.165) is 24.4 Å². The summed E-state index contributed by atoms with van der Waals surface area (Å²) in [5, 5.41) is 7.24. The number of nitrogens with zero attached hydrogens (tertiary/aromatic N) is 3. The topological polar surface area (TPSA) is 103 Å². The number of morpholine rings is 1. The lowest BCUT2D eigenvalue weighted by Crippen LogP contribution is -2.40. The summed E-state index contributed by atoms with van der Waals surface area (Å²) in [4.78, 5) is 12.2.